The molecule has 0 saturated carbocycles. The molecule has 3 aromatic carbocycles. The van der Waals surface area contributed by atoms with Crippen LogP contribution >= 0.6 is 0 Å². The first-order valence-electron chi connectivity index (χ1n) is 13.1. The van der Waals surface area contributed by atoms with E-state index >= 15 is 0 Å². The van der Waals surface area contributed by atoms with E-state index in [0.29, 0.717) is 11.3 Å². The molecule has 0 radical (unpaired) electrons. The van der Waals surface area contributed by atoms with Crippen LogP contribution in [0.4, 0.5) is 5.69 Å². The van der Waals surface area contributed by atoms with Gasteiger partial charge in [-0.15, -0.1) is 0 Å². The first kappa shape index (κ1) is 26.9. The molecule has 1 fully saturated rings. The molecule has 0 bridgehead atoms. The first-order chi connectivity index (χ1) is 18.8. The van der Waals surface area contributed by atoms with Gasteiger partial charge in [0.1, 0.15) is 0 Å². The van der Waals surface area contributed by atoms with E-state index in [4.69, 9.17) is 4.74 Å². The minimum atomic E-state index is -3.31. The van der Waals surface area contributed by atoms with E-state index in [2.05, 4.69) is 39.0 Å². The molecule has 1 aliphatic rings. The summed E-state index contributed by atoms with van der Waals surface area (Å²) in [6.07, 6.45) is 3.10. The molecule has 0 atom stereocenters. The lowest BCUT2D eigenvalue weighted by Crippen LogP contribution is -2.38. The molecule has 1 saturated heterocycles. The Kier molecular flexibility index (Phi) is 7.97. The highest BCUT2D eigenvalue weighted by Gasteiger charge is 2.22. The molecule has 0 unspecified atom stereocenters. The summed E-state index contributed by atoms with van der Waals surface area (Å²) in [7, 11) is -3.31. The molecule has 0 aliphatic carbocycles. The maximum absolute atomic E-state index is 13.5. The predicted molar refractivity (Wildman–Crippen MR) is 155 cm³/mol. The van der Waals surface area contributed by atoms with E-state index in [-0.39, 0.29) is 10.8 Å². The molecular formula is C31H33N3O4S. The molecule has 39 heavy (non-hydrogen) atoms. The number of nitrogens with one attached hydrogen (secondary N) is 1. The van der Waals surface area contributed by atoms with Gasteiger partial charge < -0.3 is 14.6 Å². The van der Waals surface area contributed by atoms with E-state index in [1.165, 1.54) is 18.4 Å². The Balaban J connectivity index is 1.51. The number of rotatable bonds is 8. The Morgan fingerprint density at radius 2 is 1.51 bits per heavy atom. The standard InChI is InChI=1S/C31H33N3O4S/c1-23-29(31(35)32-25-12-14-26(15-13-25)39(2,36)37)22-34(17-16-33-18-20-38-21-19-33)30(23)28-11-7-6-10-27(28)24-8-4-3-5-9-24/h3-15,22H,16-21H2,1-2H3,(H,32,35). The summed E-state index contributed by atoms with van der Waals surface area (Å²) >= 11 is 0. The zero-order valence-corrected chi connectivity index (χ0v) is 23.1. The van der Waals surface area contributed by atoms with Gasteiger partial charge in [0.2, 0.25) is 0 Å². The summed E-state index contributed by atoms with van der Waals surface area (Å²) in [5.41, 5.74) is 6.33. The smallest absolute Gasteiger partial charge is 0.257 e. The number of aromatic nitrogens is 1. The molecule has 1 N–H and O–H groups in total. The van der Waals surface area contributed by atoms with Crippen LogP contribution in [0, 0.1) is 6.92 Å². The zero-order valence-electron chi connectivity index (χ0n) is 22.3. The van der Waals surface area contributed by atoms with Gasteiger partial charge in [-0.05, 0) is 47.9 Å². The fourth-order valence-electron chi connectivity index (χ4n) is 5.04. The molecule has 5 rings (SSSR count). The minimum absolute atomic E-state index is 0.214. The number of sulfone groups is 1. The molecule has 8 heteroatoms. The maximum Gasteiger partial charge on any atom is 0.257 e. The van der Waals surface area contributed by atoms with Crippen LogP contribution in [0.25, 0.3) is 22.4 Å². The second-order valence-electron chi connectivity index (χ2n) is 9.83. The van der Waals surface area contributed by atoms with Gasteiger partial charge in [-0.25, -0.2) is 8.42 Å². The average molecular weight is 544 g/mol. The molecule has 7 nitrogen and oxygen atoms in total. The monoisotopic (exact) mass is 543 g/mol. The second-order valence-corrected chi connectivity index (χ2v) is 11.8. The van der Waals surface area contributed by atoms with Crippen LogP contribution in [-0.2, 0) is 21.1 Å². The van der Waals surface area contributed by atoms with Gasteiger partial charge in [0.15, 0.2) is 9.84 Å². The molecule has 1 amide bonds. The van der Waals surface area contributed by atoms with E-state index < -0.39 is 9.84 Å². The lowest BCUT2D eigenvalue weighted by Gasteiger charge is -2.27. The van der Waals surface area contributed by atoms with Crippen molar-refractivity contribution in [1.82, 2.24) is 9.47 Å². The van der Waals surface area contributed by atoms with Crippen LogP contribution in [0.2, 0.25) is 0 Å². The van der Waals surface area contributed by atoms with Gasteiger partial charge in [0.25, 0.3) is 5.91 Å². The van der Waals surface area contributed by atoms with E-state index in [0.717, 1.165) is 67.3 Å². The Morgan fingerprint density at radius 1 is 0.872 bits per heavy atom. The third kappa shape index (κ3) is 6.14. The topological polar surface area (TPSA) is 80.6 Å². The SMILES string of the molecule is Cc1c(C(=O)Nc2ccc(S(C)(=O)=O)cc2)cn(CCN2CCOCC2)c1-c1ccccc1-c1ccccc1. The summed E-state index contributed by atoms with van der Waals surface area (Å²) < 4.78 is 31.3. The number of anilines is 1. The highest BCUT2D eigenvalue weighted by atomic mass is 32.2. The number of morpholine rings is 1. The Hall–Kier alpha value is -3.72. The molecule has 1 aliphatic heterocycles. The molecule has 2 heterocycles. The van der Waals surface area contributed by atoms with Crippen molar-refractivity contribution in [1.29, 1.82) is 0 Å². The van der Waals surface area contributed by atoms with Gasteiger partial charge in [0, 0.05) is 49.9 Å². The third-order valence-electron chi connectivity index (χ3n) is 7.14. The van der Waals surface area contributed by atoms with Crippen LogP contribution in [-0.4, -0.2) is 62.9 Å². The summed E-state index contributed by atoms with van der Waals surface area (Å²) in [6, 6.07) is 24.8. The number of hydrogen-bond acceptors (Lipinski definition) is 5. The Labute approximate surface area is 230 Å². The van der Waals surface area contributed by atoms with Crippen molar-refractivity contribution in [3.8, 4) is 22.4 Å². The molecule has 4 aromatic rings. The van der Waals surface area contributed by atoms with E-state index in [1.54, 1.807) is 12.1 Å². The van der Waals surface area contributed by atoms with Crippen molar-refractivity contribution in [2.45, 2.75) is 18.4 Å². The van der Waals surface area contributed by atoms with Gasteiger partial charge in [-0.3, -0.25) is 9.69 Å². The number of hydrogen-bond donors (Lipinski definition) is 1. The molecule has 1 aromatic heterocycles. The Bertz CT molecular complexity index is 1560. The fraction of sp³-hybridized carbons (Fsp3) is 0.258. The van der Waals surface area contributed by atoms with Gasteiger partial charge >= 0.3 is 0 Å². The van der Waals surface area contributed by atoms with Crippen LogP contribution in [0.1, 0.15) is 15.9 Å². The number of ether oxygens (including phenoxy) is 1. The highest BCUT2D eigenvalue weighted by Crippen LogP contribution is 2.36. The number of carbonyl (C=O) groups is 1. The van der Waals surface area contributed by atoms with Gasteiger partial charge in [-0.2, -0.15) is 0 Å². The molecular weight excluding hydrogens is 510 g/mol. The maximum atomic E-state index is 13.5. The van der Waals surface area contributed by atoms with Crippen LogP contribution in [0.15, 0.2) is 90.0 Å². The summed E-state index contributed by atoms with van der Waals surface area (Å²) in [6.45, 7) is 6.84. The predicted octanol–water partition coefficient (Wildman–Crippen LogP) is 5.12. The normalized spacial score (nSPS) is 14.3. The van der Waals surface area contributed by atoms with Crippen molar-refractivity contribution < 1.29 is 17.9 Å². The fourth-order valence-corrected chi connectivity index (χ4v) is 5.67. The van der Waals surface area contributed by atoms with Gasteiger partial charge in [0.05, 0.1) is 29.4 Å². The van der Waals surface area contributed by atoms with Crippen molar-refractivity contribution in [2.24, 2.45) is 0 Å². The van der Waals surface area contributed by atoms with Gasteiger partial charge in [-0.1, -0.05) is 54.6 Å². The lowest BCUT2D eigenvalue weighted by molar-refractivity contribution is 0.0364. The summed E-state index contributed by atoms with van der Waals surface area (Å²) in [5, 5.41) is 2.95. The second kappa shape index (κ2) is 11.6. The van der Waals surface area contributed by atoms with Crippen LogP contribution < -0.4 is 5.32 Å². The number of carbonyl (C=O) groups excluding carboxylic acids is 1. The minimum Gasteiger partial charge on any atom is -0.379 e. The summed E-state index contributed by atoms with van der Waals surface area (Å²) in [5.74, 6) is -0.233. The quantitative estimate of drug-likeness (QED) is 0.334. The van der Waals surface area contributed by atoms with E-state index in [1.807, 2.05) is 43.5 Å². The van der Waals surface area contributed by atoms with Crippen LogP contribution in [0.5, 0.6) is 0 Å². The summed E-state index contributed by atoms with van der Waals surface area (Å²) in [4.78, 5) is 16.1. The van der Waals surface area contributed by atoms with Crippen molar-refractivity contribution >= 4 is 21.4 Å². The highest BCUT2D eigenvalue weighted by molar-refractivity contribution is 7.90. The molecule has 202 valence electrons. The zero-order chi connectivity index (χ0) is 27.4. The van der Waals surface area contributed by atoms with Crippen molar-refractivity contribution in [2.75, 3.05) is 44.4 Å². The Morgan fingerprint density at radius 3 is 2.18 bits per heavy atom. The first-order valence-corrected chi connectivity index (χ1v) is 15.0. The van der Waals surface area contributed by atoms with Crippen LogP contribution in [0.3, 0.4) is 0 Å². The third-order valence-corrected chi connectivity index (χ3v) is 8.27. The van der Waals surface area contributed by atoms with Crippen molar-refractivity contribution in [3.05, 3.63) is 96.2 Å². The molecule has 0 spiro atoms. The largest absolute Gasteiger partial charge is 0.379 e. The number of amides is 1. The van der Waals surface area contributed by atoms with Crippen molar-refractivity contribution in [3.63, 3.8) is 0 Å². The van der Waals surface area contributed by atoms with E-state index in [9.17, 15) is 13.2 Å². The number of nitrogens with zero attached hydrogens (tertiary/aromatic N) is 2. The average Bonchev–Trinajstić information content (AvgIpc) is 3.28. The number of benzene rings is 3. The lowest BCUT2D eigenvalue weighted by atomic mass is 9.95.